The van der Waals surface area contributed by atoms with Crippen molar-refractivity contribution in [2.24, 2.45) is 5.73 Å². The van der Waals surface area contributed by atoms with Crippen LogP contribution in [-0.2, 0) is 15.7 Å². The zero-order chi connectivity index (χ0) is 13.2. The number of benzene rings is 1. The summed E-state index contributed by atoms with van der Waals surface area (Å²) in [5.41, 5.74) is 3.87. The van der Waals surface area contributed by atoms with Gasteiger partial charge in [-0.25, -0.2) is 4.39 Å². The highest BCUT2D eigenvalue weighted by Gasteiger charge is 2.34. The molecule has 8 heteroatoms. The Morgan fingerprint density at radius 1 is 1.39 bits per heavy atom. The van der Waals surface area contributed by atoms with Crippen molar-refractivity contribution >= 4 is 18.4 Å². The van der Waals surface area contributed by atoms with Gasteiger partial charge in [0.05, 0.1) is 12.7 Å². The summed E-state index contributed by atoms with van der Waals surface area (Å²) < 4.78 is 54.2. The van der Waals surface area contributed by atoms with E-state index in [2.05, 4.69) is 4.74 Å². The van der Waals surface area contributed by atoms with Crippen LogP contribution in [0.5, 0.6) is 0 Å². The third-order valence-electron chi connectivity index (χ3n) is 2.11. The minimum Gasteiger partial charge on any atom is -0.468 e. The van der Waals surface area contributed by atoms with Crippen LogP contribution in [-0.4, -0.2) is 13.1 Å². The van der Waals surface area contributed by atoms with Crippen molar-refractivity contribution in [2.75, 3.05) is 7.11 Å². The molecule has 0 radical (unpaired) electrons. The van der Waals surface area contributed by atoms with Crippen molar-refractivity contribution in [3.05, 3.63) is 35.1 Å². The van der Waals surface area contributed by atoms with Gasteiger partial charge in [-0.15, -0.1) is 12.4 Å². The Labute approximate surface area is 106 Å². The lowest BCUT2D eigenvalue weighted by atomic mass is 10.0. The molecule has 1 rings (SSSR count). The maximum Gasteiger partial charge on any atom is 0.419 e. The van der Waals surface area contributed by atoms with Crippen molar-refractivity contribution in [3.63, 3.8) is 0 Å². The molecule has 102 valence electrons. The van der Waals surface area contributed by atoms with Gasteiger partial charge in [0, 0.05) is 0 Å². The fraction of sp³-hybridized carbons (Fsp3) is 0.300. The lowest BCUT2D eigenvalue weighted by Crippen LogP contribution is -2.23. The molecule has 1 aromatic rings. The molecule has 0 heterocycles. The van der Waals surface area contributed by atoms with Crippen LogP contribution in [0.3, 0.4) is 0 Å². The molecule has 0 fully saturated rings. The van der Waals surface area contributed by atoms with E-state index in [1.807, 2.05) is 0 Å². The molecule has 0 spiro atoms. The molecule has 0 aromatic heterocycles. The summed E-state index contributed by atoms with van der Waals surface area (Å²) >= 11 is 0. The molecule has 0 saturated carbocycles. The number of esters is 1. The average molecular weight is 288 g/mol. The van der Waals surface area contributed by atoms with Gasteiger partial charge in [0.1, 0.15) is 11.9 Å². The van der Waals surface area contributed by atoms with Crippen molar-refractivity contribution in [1.82, 2.24) is 0 Å². The lowest BCUT2D eigenvalue weighted by Gasteiger charge is -2.12. The number of ether oxygens (including phenoxy) is 1. The van der Waals surface area contributed by atoms with Gasteiger partial charge in [-0.2, -0.15) is 13.2 Å². The van der Waals surface area contributed by atoms with Crippen LogP contribution in [0.25, 0.3) is 0 Å². The molecule has 0 saturated heterocycles. The van der Waals surface area contributed by atoms with Gasteiger partial charge in [0.15, 0.2) is 0 Å². The molecule has 18 heavy (non-hydrogen) atoms. The largest absolute Gasteiger partial charge is 0.468 e. The number of carbonyl (C=O) groups excluding carboxylic acids is 1. The first-order chi connectivity index (χ1) is 7.77. The summed E-state index contributed by atoms with van der Waals surface area (Å²) in [6.45, 7) is 0. The van der Waals surface area contributed by atoms with Gasteiger partial charge in [-0.05, 0) is 17.7 Å². The second-order valence-corrected chi connectivity index (χ2v) is 3.24. The van der Waals surface area contributed by atoms with Crippen LogP contribution in [0.2, 0.25) is 0 Å². The second-order valence-electron chi connectivity index (χ2n) is 3.24. The summed E-state index contributed by atoms with van der Waals surface area (Å²) in [6, 6.07) is 0.738. The van der Waals surface area contributed by atoms with E-state index >= 15 is 0 Å². The minimum absolute atomic E-state index is 0. The molecular weight excluding hydrogens is 278 g/mol. The van der Waals surface area contributed by atoms with E-state index in [0.717, 1.165) is 13.2 Å². The number of carbonyl (C=O) groups is 1. The first-order valence-electron chi connectivity index (χ1n) is 4.47. The second kappa shape index (κ2) is 6.01. The molecule has 0 bridgehead atoms. The summed E-state index contributed by atoms with van der Waals surface area (Å²) in [4.78, 5) is 11.0. The Balaban J connectivity index is 0.00000289. The minimum atomic E-state index is -4.78. The van der Waals surface area contributed by atoms with E-state index in [1.165, 1.54) is 0 Å². The monoisotopic (exact) mass is 287 g/mol. The highest BCUT2D eigenvalue weighted by molar-refractivity contribution is 5.85. The number of alkyl halides is 3. The van der Waals surface area contributed by atoms with Crippen molar-refractivity contribution in [3.8, 4) is 0 Å². The number of rotatable bonds is 2. The van der Waals surface area contributed by atoms with Crippen LogP contribution in [0, 0.1) is 5.82 Å². The number of nitrogens with two attached hydrogens (primary N) is 1. The Hall–Kier alpha value is -1.34. The van der Waals surface area contributed by atoms with Crippen molar-refractivity contribution in [1.29, 1.82) is 0 Å². The fourth-order valence-corrected chi connectivity index (χ4v) is 1.22. The van der Waals surface area contributed by atoms with Crippen LogP contribution in [0.4, 0.5) is 17.6 Å². The molecule has 0 aliphatic heterocycles. The third-order valence-corrected chi connectivity index (χ3v) is 2.11. The SMILES string of the molecule is COC(=O)C(N)c1ccc(C(F)(F)F)c(F)c1.Cl. The number of methoxy groups -OCH3 is 1. The standard InChI is InChI=1S/C10H9F4NO2.ClH/c1-17-9(16)8(15)5-2-3-6(7(11)4-5)10(12,13)14;/h2-4,8H,15H2,1H3;1H. The number of hydrogen-bond acceptors (Lipinski definition) is 3. The summed E-state index contributed by atoms with van der Waals surface area (Å²) in [5, 5.41) is 0. The average Bonchev–Trinajstić information content (AvgIpc) is 2.25. The van der Waals surface area contributed by atoms with Gasteiger partial charge < -0.3 is 10.5 Å². The van der Waals surface area contributed by atoms with E-state index in [0.29, 0.717) is 12.1 Å². The first-order valence-corrected chi connectivity index (χ1v) is 4.47. The van der Waals surface area contributed by atoms with E-state index in [1.54, 1.807) is 0 Å². The van der Waals surface area contributed by atoms with Gasteiger partial charge in [0.25, 0.3) is 0 Å². The predicted molar refractivity (Wildman–Crippen MR) is 57.6 cm³/mol. The van der Waals surface area contributed by atoms with E-state index in [4.69, 9.17) is 5.73 Å². The van der Waals surface area contributed by atoms with Gasteiger partial charge >= 0.3 is 12.1 Å². The van der Waals surface area contributed by atoms with E-state index in [9.17, 15) is 22.4 Å². The normalized spacial score (nSPS) is 12.6. The molecule has 1 aromatic carbocycles. The molecule has 0 amide bonds. The van der Waals surface area contributed by atoms with Gasteiger partial charge in [-0.3, -0.25) is 4.79 Å². The molecule has 0 aliphatic rings. The van der Waals surface area contributed by atoms with Crippen molar-refractivity contribution < 1.29 is 27.1 Å². The Morgan fingerprint density at radius 2 is 1.94 bits per heavy atom. The van der Waals surface area contributed by atoms with Crippen LogP contribution in [0.15, 0.2) is 18.2 Å². The van der Waals surface area contributed by atoms with Crippen LogP contribution < -0.4 is 5.73 Å². The topological polar surface area (TPSA) is 52.3 Å². The summed E-state index contributed by atoms with van der Waals surface area (Å²) in [7, 11) is 1.07. The van der Waals surface area contributed by atoms with Crippen molar-refractivity contribution in [2.45, 2.75) is 12.2 Å². The maximum atomic E-state index is 13.1. The van der Waals surface area contributed by atoms with E-state index < -0.39 is 29.6 Å². The van der Waals surface area contributed by atoms with Crippen LogP contribution in [0.1, 0.15) is 17.2 Å². The Morgan fingerprint density at radius 3 is 2.33 bits per heavy atom. The highest BCUT2D eigenvalue weighted by atomic mass is 35.5. The molecule has 1 unspecified atom stereocenters. The van der Waals surface area contributed by atoms with Gasteiger partial charge in [-0.1, -0.05) is 6.07 Å². The molecule has 2 N–H and O–H groups in total. The Kier molecular flexibility index (Phi) is 5.56. The molecule has 3 nitrogen and oxygen atoms in total. The zero-order valence-corrected chi connectivity index (χ0v) is 9.94. The number of halogens is 5. The molecule has 1 atom stereocenters. The smallest absolute Gasteiger partial charge is 0.419 e. The quantitative estimate of drug-likeness (QED) is 0.671. The maximum absolute atomic E-state index is 13.1. The zero-order valence-electron chi connectivity index (χ0n) is 9.12. The van der Waals surface area contributed by atoms with E-state index in [-0.39, 0.29) is 18.0 Å². The molecule has 0 aliphatic carbocycles. The predicted octanol–water partition coefficient (Wildman–Crippen LogP) is 2.44. The first kappa shape index (κ1) is 16.7. The summed E-state index contributed by atoms with van der Waals surface area (Å²) in [6.07, 6.45) is -4.78. The lowest BCUT2D eigenvalue weighted by molar-refractivity contribution is -0.142. The fourth-order valence-electron chi connectivity index (χ4n) is 1.22. The van der Waals surface area contributed by atoms with Crippen LogP contribution >= 0.6 is 12.4 Å². The Bertz CT molecular complexity index is 436. The van der Waals surface area contributed by atoms with Gasteiger partial charge in [0.2, 0.25) is 0 Å². The molecular formula is C10H10ClF4NO2. The highest BCUT2D eigenvalue weighted by Crippen LogP contribution is 2.32. The number of hydrogen-bond donors (Lipinski definition) is 1. The summed E-state index contributed by atoms with van der Waals surface area (Å²) in [5.74, 6) is -2.33. The third kappa shape index (κ3) is 3.58.